The molecule has 1 aromatic rings. The van der Waals surface area contributed by atoms with Gasteiger partial charge in [-0.1, -0.05) is 48.4 Å². The van der Waals surface area contributed by atoms with E-state index in [4.69, 9.17) is 4.74 Å². The summed E-state index contributed by atoms with van der Waals surface area (Å²) in [4.78, 5) is 11.9. The van der Waals surface area contributed by atoms with Gasteiger partial charge in [0.1, 0.15) is 5.75 Å². The molecule has 0 bridgehead atoms. The van der Waals surface area contributed by atoms with Crippen molar-refractivity contribution in [3.05, 3.63) is 53.1 Å². The van der Waals surface area contributed by atoms with Crippen LogP contribution in [0.2, 0.25) is 0 Å². The Morgan fingerprint density at radius 1 is 1.33 bits per heavy atom. The number of hydrazone groups is 1. The normalized spacial score (nSPS) is 19.5. The van der Waals surface area contributed by atoms with Crippen LogP contribution in [0.1, 0.15) is 52.0 Å². The van der Waals surface area contributed by atoms with Gasteiger partial charge in [0.15, 0.2) is 6.61 Å². The topological polar surface area (TPSA) is 50.7 Å². The van der Waals surface area contributed by atoms with Crippen molar-refractivity contribution in [2.75, 3.05) is 6.61 Å². The van der Waals surface area contributed by atoms with Crippen molar-refractivity contribution in [1.82, 2.24) is 5.43 Å². The molecule has 0 aliphatic heterocycles. The number of para-hydroxylation sites is 1. The molecule has 1 amide bonds. The molecular formula is C23H32N2O2. The number of carbonyl (C=O) groups excluding carboxylic acids is 1. The second-order valence-electron chi connectivity index (χ2n) is 7.57. The Morgan fingerprint density at radius 3 is 2.81 bits per heavy atom. The van der Waals surface area contributed by atoms with Crippen LogP contribution in [-0.2, 0) is 4.79 Å². The number of rotatable bonds is 8. The van der Waals surface area contributed by atoms with Crippen molar-refractivity contribution < 1.29 is 9.53 Å². The minimum atomic E-state index is -0.240. The Kier molecular flexibility index (Phi) is 8.31. The third kappa shape index (κ3) is 7.41. The largest absolute Gasteiger partial charge is 0.483 e. The van der Waals surface area contributed by atoms with Crippen molar-refractivity contribution in [2.24, 2.45) is 16.9 Å². The van der Waals surface area contributed by atoms with Gasteiger partial charge in [-0.25, -0.2) is 5.43 Å². The van der Waals surface area contributed by atoms with E-state index in [0.717, 1.165) is 37.0 Å². The maximum atomic E-state index is 11.9. The molecule has 0 saturated carbocycles. The van der Waals surface area contributed by atoms with Crippen LogP contribution in [0.15, 0.2) is 52.7 Å². The summed E-state index contributed by atoms with van der Waals surface area (Å²) in [5, 5.41) is 4.15. The number of nitrogens with one attached hydrogen (secondary N) is 1. The highest BCUT2D eigenvalue weighted by atomic mass is 16.5. The van der Waals surface area contributed by atoms with Gasteiger partial charge in [-0.05, 0) is 64.0 Å². The van der Waals surface area contributed by atoms with E-state index < -0.39 is 0 Å². The molecule has 0 fully saturated rings. The first-order valence-electron chi connectivity index (χ1n) is 9.79. The van der Waals surface area contributed by atoms with Gasteiger partial charge in [-0.15, -0.1) is 0 Å². The quantitative estimate of drug-likeness (QED) is 0.390. The van der Waals surface area contributed by atoms with E-state index in [1.54, 1.807) is 5.57 Å². The summed E-state index contributed by atoms with van der Waals surface area (Å²) in [6, 6.07) is 7.65. The molecule has 1 aromatic carbocycles. The Labute approximate surface area is 163 Å². The molecule has 1 N–H and O–H groups in total. The number of aryl methyl sites for hydroxylation is 1. The standard InChI is InChI=1S/C23H32N2O2/c1-17(2)8-7-10-20-12-13-21(19(4)14-20)15-24-25-23(26)16-27-22-11-6-5-9-18(22)3/h5-6,8-9,11,14-15,19,21H,7,10,12-13,16H2,1-4H3,(H,25,26)/b24-15-/t19-,21-/m1/s1. The van der Waals surface area contributed by atoms with E-state index in [-0.39, 0.29) is 12.5 Å². The summed E-state index contributed by atoms with van der Waals surface area (Å²) in [6.07, 6.45) is 11.0. The predicted molar refractivity (Wildman–Crippen MR) is 112 cm³/mol. The van der Waals surface area contributed by atoms with E-state index in [1.165, 1.54) is 5.57 Å². The van der Waals surface area contributed by atoms with Crippen LogP contribution in [0.3, 0.4) is 0 Å². The summed E-state index contributed by atoms with van der Waals surface area (Å²) in [7, 11) is 0. The zero-order valence-electron chi connectivity index (χ0n) is 17.0. The maximum absolute atomic E-state index is 11.9. The number of amides is 1. The highest BCUT2D eigenvalue weighted by Crippen LogP contribution is 2.29. The maximum Gasteiger partial charge on any atom is 0.277 e. The first kappa shape index (κ1) is 20.9. The minimum Gasteiger partial charge on any atom is -0.483 e. The highest BCUT2D eigenvalue weighted by molar-refractivity contribution is 5.78. The third-order valence-electron chi connectivity index (χ3n) is 4.90. The van der Waals surface area contributed by atoms with E-state index in [9.17, 15) is 4.79 Å². The summed E-state index contributed by atoms with van der Waals surface area (Å²) in [5.41, 5.74) is 6.51. The predicted octanol–water partition coefficient (Wildman–Crippen LogP) is 5.19. The van der Waals surface area contributed by atoms with Crippen LogP contribution in [0, 0.1) is 18.8 Å². The van der Waals surface area contributed by atoms with Crippen molar-refractivity contribution in [3.8, 4) is 5.75 Å². The van der Waals surface area contributed by atoms with Crippen LogP contribution in [0.5, 0.6) is 5.75 Å². The second kappa shape index (κ2) is 10.7. The summed E-state index contributed by atoms with van der Waals surface area (Å²) in [6.45, 7) is 8.43. The van der Waals surface area contributed by atoms with Crippen LogP contribution < -0.4 is 10.2 Å². The number of ether oxygens (including phenoxy) is 1. The van der Waals surface area contributed by atoms with Crippen molar-refractivity contribution in [3.63, 3.8) is 0 Å². The Morgan fingerprint density at radius 2 is 2.11 bits per heavy atom. The minimum absolute atomic E-state index is 0.0309. The van der Waals surface area contributed by atoms with Gasteiger partial charge in [0.05, 0.1) is 0 Å². The van der Waals surface area contributed by atoms with E-state index in [1.807, 2.05) is 37.4 Å². The van der Waals surface area contributed by atoms with E-state index in [2.05, 4.69) is 43.5 Å². The van der Waals surface area contributed by atoms with Gasteiger partial charge in [-0.2, -0.15) is 5.10 Å². The average molecular weight is 369 g/mol. The molecule has 2 rings (SSSR count). The molecule has 27 heavy (non-hydrogen) atoms. The molecule has 0 unspecified atom stereocenters. The fraction of sp³-hybridized carbons (Fsp3) is 0.478. The summed E-state index contributed by atoms with van der Waals surface area (Å²) >= 11 is 0. The Bertz CT molecular complexity index is 715. The zero-order chi connectivity index (χ0) is 19.6. The number of hydrogen-bond acceptors (Lipinski definition) is 3. The van der Waals surface area contributed by atoms with Crippen LogP contribution >= 0.6 is 0 Å². The molecule has 146 valence electrons. The van der Waals surface area contributed by atoms with Crippen molar-refractivity contribution >= 4 is 12.1 Å². The van der Waals surface area contributed by atoms with Crippen molar-refractivity contribution in [1.29, 1.82) is 0 Å². The summed E-state index contributed by atoms with van der Waals surface area (Å²) in [5.74, 6) is 1.30. The monoisotopic (exact) mass is 368 g/mol. The number of carbonyl (C=O) groups is 1. The van der Waals surface area contributed by atoms with Gasteiger partial charge < -0.3 is 4.74 Å². The Hall–Kier alpha value is -2.36. The molecule has 0 radical (unpaired) electrons. The lowest BCUT2D eigenvalue weighted by molar-refractivity contribution is -0.123. The molecule has 0 saturated heterocycles. The number of allylic oxidation sites excluding steroid dienone is 4. The molecule has 0 spiro atoms. The number of benzene rings is 1. The van der Waals surface area contributed by atoms with Crippen LogP contribution in [0.4, 0.5) is 0 Å². The van der Waals surface area contributed by atoms with E-state index >= 15 is 0 Å². The smallest absolute Gasteiger partial charge is 0.277 e. The summed E-state index contributed by atoms with van der Waals surface area (Å²) < 4.78 is 5.53. The molecule has 0 aromatic heterocycles. The van der Waals surface area contributed by atoms with Gasteiger partial charge in [0.2, 0.25) is 0 Å². The van der Waals surface area contributed by atoms with Gasteiger partial charge in [0, 0.05) is 12.1 Å². The van der Waals surface area contributed by atoms with Gasteiger partial charge >= 0.3 is 0 Å². The third-order valence-corrected chi connectivity index (χ3v) is 4.90. The molecule has 2 atom stereocenters. The second-order valence-corrected chi connectivity index (χ2v) is 7.57. The molecule has 4 heteroatoms. The van der Waals surface area contributed by atoms with Crippen LogP contribution in [0.25, 0.3) is 0 Å². The molecule has 1 aliphatic rings. The molecular weight excluding hydrogens is 336 g/mol. The van der Waals surface area contributed by atoms with Crippen LogP contribution in [-0.4, -0.2) is 18.7 Å². The first-order valence-corrected chi connectivity index (χ1v) is 9.79. The lowest BCUT2D eigenvalue weighted by Crippen LogP contribution is -2.26. The molecule has 4 nitrogen and oxygen atoms in total. The number of hydrogen-bond donors (Lipinski definition) is 1. The van der Waals surface area contributed by atoms with E-state index in [0.29, 0.717) is 11.8 Å². The zero-order valence-corrected chi connectivity index (χ0v) is 17.0. The lowest BCUT2D eigenvalue weighted by Gasteiger charge is -2.24. The molecule has 0 heterocycles. The van der Waals surface area contributed by atoms with Gasteiger partial charge in [-0.3, -0.25) is 4.79 Å². The molecule has 1 aliphatic carbocycles. The SMILES string of the molecule is CC(C)=CCCC1=C[C@@H](C)[C@@H](/C=N\NC(=O)COc2ccccc2C)CC1. The fourth-order valence-corrected chi connectivity index (χ4v) is 3.26. The fourth-order valence-electron chi connectivity index (χ4n) is 3.26. The van der Waals surface area contributed by atoms with Crippen molar-refractivity contribution in [2.45, 2.75) is 53.4 Å². The number of nitrogens with zero attached hydrogens (tertiary/aromatic N) is 1. The Balaban J connectivity index is 1.74. The first-order chi connectivity index (χ1) is 13.0. The average Bonchev–Trinajstić information content (AvgIpc) is 2.62. The highest BCUT2D eigenvalue weighted by Gasteiger charge is 2.19. The lowest BCUT2D eigenvalue weighted by atomic mass is 9.81. The van der Waals surface area contributed by atoms with Gasteiger partial charge in [0.25, 0.3) is 5.91 Å².